The fourth-order valence-corrected chi connectivity index (χ4v) is 0.388. The normalized spacial score (nSPS) is 8.25. The molecule has 0 aliphatic heterocycles. The van der Waals surface area contributed by atoms with E-state index in [1.807, 2.05) is 0 Å². The third-order valence-electron chi connectivity index (χ3n) is 0.970. The van der Waals surface area contributed by atoms with E-state index in [4.69, 9.17) is 20.4 Å². The third kappa shape index (κ3) is 14.2. The highest BCUT2D eigenvalue weighted by Crippen LogP contribution is 1.95. The van der Waals surface area contributed by atoms with Crippen molar-refractivity contribution in [2.75, 3.05) is 0 Å². The Morgan fingerprint density at radius 2 is 1.06 bits per heavy atom. The molecule has 0 fully saturated rings. The summed E-state index contributed by atoms with van der Waals surface area (Å²) in [4.78, 5) is 38.5. The van der Waals surface area contributed by atoms with Gasteiger partial charge in [0.25, 0.3) is 0 Å². The molecular weight excluding hydrogens is 224 g/mol. The quantitative estimate of drug-likeness (QED) is 0.372. The van der Waals surface area contributed by atoms with Gasteiger partial charge in [-0.25, -0.2) is 4.79 Å². The molecule has 90 valence electrons. The molecule has 0 atom stereocenters. The zero-order valence-electron chi connectivity index (χ0n) is 8.04. The van der Waals surface area contributed by atoms with E-state index in [-0.39, 0.29) is 5.57 Å². The maximum Gasteiger partial charge on any atom is 0.331 e. The van der Waals surface area contributed by atoms with Crippen LogP contribution in [0.5, 0.6) is 0 Å². The summed E-state index contributed by atoms with van der Waals surface area (Å²) in [5.41, 5.74) is -0.303. The second kappa shape index (κ2) is 7.97. The molecule has 0 spiro atoms. The van der Waals surface area contributed by atoms with Gasteiger partial charge in [0.1, 0.15) is 6.42 Å². The van der Waals surface area contributed by atoms with Gasteiger partial charge in [0, 0.05) is 5.57 Å². The Morgan fingerprint density at radius 1 is 0.750 bits per heavy atom. The molecule has 0 aromatic heterocycles. The lowest BCUT2D eigenvalue weighted by atomic mass is 10.2. The highest BCUT2D eigenvalue weighted by atomic mass is 16.4. The number of carboxylic acids is 4. The van der Waals surface area contributed by atoms with E-state index in [0.29, 0.717) is 0 Å². The minimum atomic E-state index is -1.31. The van der Waals surface area contributed by atoms with Crippen LogP contribution in [0.1, 0.15) is 12.8 Å². The number of hydrogen-bond donors (Lipinski definition) is 4. The Morgan fingerprint density at radius 3 is 1.12 bits per heavy atom. The molecule has 0 heterocycles. The first-order chi connectivity index (χ1) is 7.16. The summed E-state index contributed by atoms with van der Waals surface area (Å²) in [5, 5.41) is 31.5. The highest BCUT2D eigenvalue weighted by molar-refractivity contribution is 5.91. The number of aliphatic carboxylic acids is 4. The lowest BCUT2D eigenvalue weighted by Crippen LogP contribution is -2.04. The molecule has 16 heavy (non-hydrogen) atoms. The number of carbonyl (C=O) groups is 4. The summed E-state index contributed by atoms with van der Waals surface area (Å²) >= 11 is 0. The molecule has 0 saturated heterocycles. The average Bonchev–Trinajstić information content (AvgIpc) is 2.00. The lowest BCUT2D eigenvalue weighted by molar-refractivity contribution is -0.147. The van der Waals surface area contributed by atoms with Crippen molar-refractivity contribution in [1.82, 2.24) is 0 Å². The van der Waals surface area contributed by atoms with Gasteiger partial charge in [-0.3, -0.25) is 14.4 Å². The molecule has 0 aromatic carbocycles. The first-order valence-corrected chi connectivity index (χ1v) is 3.73. The second-order valence-corrected chi connectivity index (χ2v) is 2.44. The zero-order valence-corrected chi connectivity index (χ0v) is 8.04. The smallest absolute Gasteiger partial charge is 0.331 e. The molecule has 0 amide bonds. The maximum atomic E-state index is 9.87. The van der Waals surface area contributed by atoms with E-state index in [0.717, 1.165) is 0 Å². The van der Waals surface area contributed by atoms with E-state index in [1.54, 1.807) is 0 Å². The SMILES string of the molecule is C=C(CC(=O)O)C(=O)O.O=C(O)CC(=O)O. The highest BCUT2D eigenvalue weighted by Gasteiger charge is 2.07. The van der Waals surface area contributed by atoms with Crippen LogP contribution in [0.3, 0.4) is 0 Å². The molecule has 0 saturated carbocycles. The van der Waals surface area contributed by atoms with Crippen molar-refractivity contribution < 1.29 is 39.6 Å². The number of carboxylic acid groups (broad SMARTS) is 4. The molecular formula is C8H10O8. The molecule has 0 radical (unpaired) electrons. The van der Waals surface area contributed by atoms with Crippen LogP contribution < -0.4 is 0 Å². The fraction of sp³-hybridized carbons (Fsp3) is 0.250. The van der Waals surface area contributed by atoms with Gasteiger partial charge in [-0.2, -0.15) is 0 Å². The summed E-state index contributed by atoms with van der Waals surface area (Å²) < 4.78 is 0. The van der Waals surface area contributed by atoms with E-state index >= 15 is 0 Å². The summed E-state index contributed by atoms with van der Waals surface area (Å²) in [6, 6.07) is 0. The van der Waals surface area contributed by atoms with E-state index in [2.05, 4.69) is 6.58 Å². The standard InChI is InChI=1S/C5H6O4.C3H4O4/c1-3(5(8)9)2-4(6)7;4-2(5)1-3(6)7/h1-2H2,(H,6,7)(H,8,9);1H2,(H,4,5)(H,6,7). The van der Waals surface area contributed by atoms with Gasteiger partial charge in [0.15, 0.2) is 0 Å². The Bertz CT molecular complexity index is 304. The average molecular weight is 234 g/mol. The minimum Gasteiger partial charge on any atom is -0.481 e. The largest absolute Gasteiger partial charge is 0.481 e. The van der Waals surface area contributed by atoms with E-state index in [1.165, 1.54) is 0 Å². The van der Waals surface area contributed by atoms with Crippen LogP contribution in [-0.4, -0.2) is 44.3 Å². The Balaban J connectivity index is 0. The van der Waals surface area contributed by atoms with Crippen molar-refractivity contribution in [2.45, 2.75) is 12.8 Å². The van der Waals surface area contributed by atoms with Crippen LogP contribution in [0.2, 0.25) is 0 Å². The Hall–Kier alpha value is -2.38. The van der Waals surface area contributed by atoms with Crippen LogP contribution in [0, 0.1) is 0 Å². The van der Waals surface area contributed by atoms with Crippen LogP contribution in [-0.2, 0) is 19.2 Å². The molecule has 8 nitrogen and oxygen atoms in total. The third-order valence-corrected chi connectivity index (χ3v) is 0.970. The monoisotopic (exact) mass is 234 g/mol. The van der Waals surface area contributed by atoms with Gasteiger partial charge in [-0.1, -0.05) is 6.58 Å². The summed E-state index contributed by atoms with van der Waals surface area (Å²) in [5.74, 6) is -5.07. The molecule has 0 rings (SSSR count). The molecule has 0 aromatic rings. The van der Waals surface area contributed by atoms with Crippen LogP contribution in [0.25, 0.3) is 0 Å². The molecule has 0 aliphatic rings. The summed E-state index contributed by atoms with van der Waals surface area (Å²) in [6.07, 6.45) is -1.31. The minimum absolute atomic E-state index is 0.303. The van der Waals surface area contributed by atoms with E-state index < -0.39 is 36.7 Å². The van der Waals surface area contributed by atoms with Crippen molar-refractivity contribution >= 4 is 23.9 Å². The predicted octanol–water partition coefficient (Wildman–Crippen LogP) is -0.352. The predicted molar refractivity (Wildman–Crippen MR) is 48.9 cm³/mol. The Labute approximate surface area is 89.4 Å². The van der Waals surface area contributed by atoms with Gasteiger partial charge in [0.2, 0.25) is 0 Å². The van der Waals surface area contributed by atoms with Gasteiger partial charge in [-0.05, 0) is 0 Å². The molecule has 8 heteroatoms. The van der Waals surface area contributed by atoms with Crippen molar-refractivity contribution in [3.05, 3.63) is 12.2 Å². The van der Waals surface area contributed by atoms with Crippen molar-refractivity contribution in [2.24, 2.45) is 0 Å². The van der Waals surface area contributed by atoms with Crippen molar-refractivity contribution in [3.63, 3.8) is 0 Å². The summed E-state index contributed by atoms with van der Waals surface area (Å²) in [6.45, 7) is 3.01. The van der Waals surface area contributed by atoms with E-state index in [9.17, 15) is 19.2 Å². The van der Waals surface area contributed by atoms with Crippen LogP contribution in [0.15, 0.2) is 12.2 Å². The molecule has 0 aliphatic carbocycles. The van der Waals surface area contributed by atoms with Crippen LogP contribution in [0.4, 0.5) is 0 Å². The van der Waals surface area contributed by atoms with Gasteiger partial charge >= 0.3 is 23.9 Å². The van der Waals surface area contributed by atoms with Gasteiger partial charge < -0.3 is 20.4 Å². The first-order valence-electron chi connectivity index (χ1n) is 3.73. The number of hydrogen-bond acceptors (Lipinski definition) is 4. The first kappa shape index (κ1) is 16.1. The lowest BCUT2D eigenvalue weighted by Gasteiger charge is -1.91. The van der Waals surface area contributed by atoms with Crippen molar-refractivity contribution in [1.29, 1.82) is 0 Å². The van der Waals surface area contributed by atoms with Crippen LogP contribution >= 0.6 is 0 Å². The molecule has 0 bridgehead atoms. The van der Waals surface area contributed by atoms with Gasteiger partial charge in [-0.15, -0.1) is 0 Å². The van der Waals surface area contributed by atoms with Crippen molar-refractivity contribution in [3.8, 4) is 0 Å². The number of rotatable bonds is 5. The Kier molecular flexibility index (Phi) is 8.00. The second-order valence-electron chi connectivity index (χ2n) is 2.44. The van der Waals surface area contributed by atoms with Gasteiger partial charge in [0.05, 0.1) is 6.42 Å². The summed E-state index contributed by atoms with van der Waals surface area (Å²) in [7, 11) is 0. The molecule has 0 unspecified atom stereocenters. The zero-order chi connectivity index (χ0) is 13.3. The fourth-order valence-electron chi connectivity index (χ4n) is 0.388. The maximum absolute atomic E-state index is 9.87. The molecule has 4 N–H and O–H groups in total. The topological polar surface area (TPSA) is 149 Å².